The van der Waals surface area contributed by atoms with Crippen LogP contribution in [0, 0.1) is 0 Å². The molecule has 0 saturated carbocycles. The van der Waals surface area contributed by atoms with E-state index >= 15 is 0 Å². The Morgan fingerprint density at radius 2 is 1.44 bits per heavy atom. The highest BCUT2D eigenvalue weighted by molar-refractivity contribution is 7.98. The van der Waals surface area contributed by atoms with E-state index in [0.29, 0.717) is 11.5 Å². The van der Waals surface area contributed by atoms with Gasteiger partial charge < -0.3 is 9.47 Å². The second-order valence-corrected chi connectivity index (χ2v) is 4.32. The van der Waals surface area contributed by atoms with Crippen molar-refractivity contribution < 1.29 is 14.3 Å². The Bertz CT molecular complexity index is 508. The number of para-hydroxylation sites is 1. The monoisotopic (exact) mass is 260 g/mol. The highest BCUT2D eigenvalue weighted by atomic mass is 32.2. The fraction of sp³-hybridized carbons (Fsp3) is 0.0714. The largest absolute Gasteiger partial charge is 0.519 e. The second kappa shape index (κ2) is 6.12. The molecule has 0 amide bonds. The number of rotatable bonds is 3. The molecule has 3 nitrogen and oxygen atoms in total. The van der Waals surface area contributed by atoms with Gasteiger partial charge >= 0.3 is 6.16 Å². The maximum atomic E-state index is 11.5. The molecular weight excluding hydrogens is 248 g/mol. The minimum Gasteiger partial charge on any atom is -0.395 e. The van der Waals surface area contributed by atoms with Crippen LogP contribution in [0.2, 0.25) is 0 Å². The quantitative estimate of drug-likeness (QED) is 0.475. The Morgan fingerprint density at radius 1 is 0.889 bits per heavy atom. The number of benzene rings is 2. The van der Waals surface area contributed by atoms with Gasteiger partial charge in [-0.1, -0.05) is 18.2 Å². The van der Waals surface area contributed by atoms with Crippen LogP contribution in [0.3, 0.4) is 0 Å². The molecule has 0 aliphatic rings. The molecule has 0 atom stereocenters. The fourth-order valence-corrected chi connectivity index (χ4v) is 1.75. The number of thioether (sulfide) groups is 1. The summed E-state index contributed by atoms with van der Waals surface area (Å²) in [6.45, 7) is 0. The first-order valence-electron chi connectivity index (χ1n) is 5.37. The Hall–Kier alpha value is -1.94. The van der Waals surface area contributed by atoms with Crippen molar-refractivity contribution in [1.29, 1.82) is 0 Å². The summed E-state index contributed by atoms with van der Waals surface area (Å²) in [5.41, 5.74) is 0. The van der Waals surface area contributed by atoms with Gasteiger partial charge in [-0.3, -0.25) is 0 Å². The van der Waals surface area contributed by atoms with E-state index in [9.17, 15) is 4.79 Å². The van der Waals surface area contributed by atoms with Crippen LogP contribution in [-0.2, 0) is 0 Å². The molecule has 18 heavy (non-hydrogen) atoms. The van der Waals surface area contributed by atoms with Gasteiger partial charge in [0, 0.05) is 4.90 Å². The maximum absolute atomic E-state index is 11.5. The number of hydrogen-bond donors (Lipinski definition) is 0. The molecule has 0 fully saturated rings. The van der Waals surface area contributed by atoms with E-state index in [2.05, 4.69) is 0 Å². The van der Waals surface area contributed by atoms with E-state index in [4.69, 9.17) is 9.47 Å². The fourth-order valence-electron chi connectivity index (χ4n) is 1.35. The number of carbonyl (C=O) groups is 1. The summed E-state index contributed by atoms with van der Waals surface area (Å²) in [6, 6.07) is 16.0. The van der Waals surface area contributed by atoms with E-state index in [0.717, 1.165) is 4.90 Å². The van der Waals surface area contributed by atoms with Crippen LogP contribution in [0.4, 0.5) is 4.79 Å². The van der Waals surface area contributed by atoms with Gasteiger partial charge in [0.25, 0.3) is 0 Å². The molecule has 0 spiro atoms. The minimum atomic E-state index is -0.738. The highest BCUT2D eigenvalue weighted by Gasteiger charge is 2.07. The third kappa shape index (κ3) is 3.53. The average Bonchev–Trinajstić information content (AvgIpc) is 2.40. The molecule has 92 valence electrons. The van der Waals surface area contributed by atoms with Gasteiger partial charge in [-0.05, 0) is 42.7 Å². The number of ether oxygens (including phenoxy) is 2. The molecular formula is C14H12O3S. The molecule has 2 aromatic carbocycles. The molecule has 0 unspecified atom stereocenters. The van der Waals surface area contributed by atoms with Gasteiger partial charge in [0.2, 0.25) is 0 Å². The van der Waals surface area contributed by atoms with Crippen molar-refractivity contribution in [3.05, 3.63) is 54.6 Å². The summed E-state index contributed by atoms with van der Waals surface area (Å²) >= 11 is 1.63. The van der Waals surface area contributed by atoms with E-state index in [-0.39, 0.29) is 0 Å². The molecule has 0 aromatic heterocycles. The normalized spacial score (nSPS) is 9.83. The Kier molecular flexibility index (Phi) is 4.25. The van der Waals surface area contributed by atoms with Crippen LogP contribution >= 0.6 is 11.8 Å². The zero-order valence-corrected chi connectivity index (χ0v) is 10.6. The molecule has 2 aromatic rings. The van der Waals surface area contributed by atoms with Crippen LogP contribution in [-0.4, -0.2) is 12.4 Å². The van der Waals surface area contributed by atoms with Crippen LogP contribution in [0.1, 0.15) is 0 Å². The summed E-state index contributed by atoms with van der Waals surface area (Å²) in [7, 11) is 0. The lowest BCUT2D eigenvalue weighted by atomic mass is 10.3. The minimum absolute atomic E-state index is 0.461. The summed E-state index contributed by atoms with van der Waals surface area (Å²) in [5.74, 6) is 0.928. The smallest absolute Gasteiger partial charge is 0.395 e. The lowest BCUT2D eigenvalue weighted by Crippen LogP contribution is -2.13. The zero-order valence-electron chi connectivity index (χ0n) is 9.83. The molecule has 0 N–H and O–H groups in total. The topological polar surface area (TPSA) is 35.5 Å². The Morgan fingerprint density at radius 3 is 2.00 bits per heavy atom. The summed E-state index contributed by atoms with van der Waals surface area (Å²) < 4.78 is 10.1. The van der Waals surface area contributed by atoms with Crippen LogP contribution in [0.25, 0.3) is 0 Å². The SMILES string of the molecule is CSc1ccc(OC(=O)Oc2ccccc2)cc1. The lowest BCUT2D eigenvalue weighted by molar-refractivity contribution is 0.152. The third-order valence-electron chi connectivity index (χ3n) is 2.21. The first kappa shape index (κ1) is 12.5. The van der Waals surface area contributed by atoms with Gasteiger partial charge in [-0.15, -0.1) is 11.8 Å². The van der Waals surface area contributed by atoms with Crippen molar-refractivity contribution in [2.75, 3.05) is 6.26 Å². The first-order chi connectivity index (χ1) is 8.78. The molecule has 0 aliphatic carbocycles. The summed E-state index contributed by atoms with van der Waals surface area (Å²) in [4.78, 5) is 12.6. The van der Waals surface area contributed by atoms with E-state index in [1.807, 2.05) is 24.5 Å². The highest BCUT2D eigenvalue weighted by Crippen LogP contribution is 2.19. The van der Waals surface area contributed by atoms with Gasteiger partial charge in [0.15, 0.2) is 0 Å². The van der Waals surface area contributed by atoms with Crippen LogP contribution in [0.15, 0.2) is 59.5 Å². The maximum Gasteiger partial charge on any atom is 0.519 e. The van der Waals surface area contributed by atoms with E-state index in [1.54, 1.807) is 48.2 Å². The van der Waals surface area contributed by atoms with Gasteiger partial charge in [0.1, 0.15) is 11.5 Å². The zero-order chi connectivity index (χ0) is 12.8. The van der Waals surface area contributed by atoms with Crippen molar-refractivity contribution in [3.63, 3.8) is 0 Å². The summed E-state index contributed by atoms with van der Waals surface area (Å²) in [6.07, 6.45) is 1.25. The van der Waals surface area contributed by atoms with E-state index < -0.39 is 6.16 Å². The third-order valence-corrected chi connectivity index (χ3v) is 2.95. The molecule has 0 aliphatic heterocycles. The van der Waals surface area contributed by atoms with Crippen LogP contribution < -0.4 is 9.47 Å². The van der Waals surface area contributed by atoms with E-state index in [1.165, 1.54) is 0 Å². The predicted molar refractivity (Wildman–Crippen MR) is 71.3 cm³/mol. The predicted octanol–water partition coefficient (Wildman–Crippen LogP) is 3.99. The molecule has 2 rings (SSSR count). The molecule has 0 saturated heterocycles. The average molecular weight is 260 g/mol. The van der Waals surface area contributed by atoms with Crippen molar-refractivity contribution in [2.24, 2.45) is 0 Å². The van der Waals surface area contributed by atoms with Crippen molar-refractivity contribution in [1.82, 2.24) is 0 Å². The van der Waals surface area contributed by atoms with Crippen LogP contribution in [0.5, 0.6) is 11.5 Å². The standard InChI is InChI=1S/C14H12O3S/c1-18-13-9-7-12(8-10-13)17-14(15)16-11-5-3-2-4-6-11/h2-10H,1H3. The second-order valence-electron chi connectivity index (χ2n) is 3.44. The van der Waals surface area contributed by atoms with Crippen molar-refractivity contribution in [3.8, 4) is 11.5 Å². The summed E-state index contributed by atoms with van der Waals surface area (Å²) in [5, 5.41) is 0. The van der Waals surface area contributed by atoms with Crippen molar-refractivity contribution in [2.45, 2.75) is 4.90 Å². The molecule has 4 heteroatoms. The Labute approximate surface area is 110 Å². The lowest BCUT2D eigenvalue weighted by Gasteiger charge is -2.05. The Balaban J connectivity index is 1.94. The molecule has 0 bridgehead atoms. The number of carbonyl (C=O) groups excluding carboxylic acids is 1. The number of hydrogen-bond acceptors (Lipinski definition) is 4. The van der Waals surface area contributed by atoms with Gasteiger partial charge in [-0.25, -0.2) is 4.79 Å². The van der Waals surface area contributed by atoms with Gasteiger partial charge in [-0.2, -0.15) is 0 Å². The van der Waals surface area contributed by atoms with Crippen molar-refractivity contribution >= 4 is 17.9 Å². The molecule has 0 radical (unpaired) electrons. The molecule has 0 heterocycles. The van der Waals surface area contributed by atoms with Gasteiger partial charge in [0.05, 0.1) is 0 Å². The first-order valence-corrected chi connectivity index (χ1v) is 6.59.